The van der Waals surface area contributed by atoms with Crippen LogP contribution in [0.5, 0.6) is 0 Å². The molecule has 22 nitrogen and oxygen atoms in total. The molecular formula is C74H86F3N19O3. The van der Waals surface area contributed by atoms with Crippen molar-refractivity contribution < 1.29 is 13.2 Å². The third-order valence-corrected chi connectivity index (χ3v) is 19.6. The Balaban J connectivity index is 0.000000133. The molecule has 0 spiro atoms. The molecule has 99 heavy (non-hydrogen) atoms. The summed E-state index contributed by atoms with van der Waals surface area (Å²) >= 11 is 0. The minimum absolute atomic E-state index is 0.112. The number of pyridine rings is 3. The van der Waals surface area contributed by atoms with Crippen LogP contribution in [-0.4, -0.2) is 178 Å². The van der Waals surface area contributed by atoms with E-state index in [4.69, 9.17) is 15.0 Å². The van der Waals surface area contributed by atoms with Gasteiger partial charge in [-0.05, 0) is 177 Å². The van der Waals surface area contributed by atoms with E-state index in [0.717, 1.165) is 171 Å². The molecule has 0 aromatic carbocycles. The smallest absolute Gasteiger partial charge is 0.258 e. The summed E-state index contributed by atoms with van der Waals surface area (Å²) in [6.45, 7) is 21.8. The van der Waals surface area contributed by atoms with Crippen molar-refractivity contribution in [1.29, 1.82) is 0 Å². The van der Waals surface area contributed by atoms with Crippen LogP contribution >= 0.6 is 0 Å². The summed E-state index contributed by atoms with van der Waals surface area (Å²) in [6, 6.07) is 22.7. The lowest BCUT2D eigenvalue weighted by atomic mass is 9.90. The number of anilines is 1. The van der Waals surface area contributed by atoms with Crippen molar-refractivity contribution in [3.63, 3.8) is 0 Å². The van der Waals surface area contributed by atoms with Gasteiger partial charge in [-0.15, -0.1) is 0 Å². The number of fused-ring (bicyclic) bond motifs is 6. The van der Waals surface area contributed by atoms with Crippen LogP contribution in [0, 0.1) is 20.8 Å². The molecule has 0 radical (unpaired) electrons. The quantitative estimate of drug-likeness (QED) is 0.0831. The average Bonchev–Trinajstić information content (AvgIpc) is 1.65. The maximum atomic E-state index is 13.0. The topological polar surface area (TPSA) is 207 Å². The molecule has 12 aromatic heterocycles. The highest BCUT2D eigenvalue weighted by Crippen LogP contribution is 2.31. The highest BCUT2D eigenvalue weighted by Gasteiger charge is 2.26. The molecule has 15 rings (SSSR count). The number of piperidine rings is 2. The molecule has 0 N–H and O–H groups in total. The fourth-order valence-electron chi connectivity index (χ4n) is 14.3. The average molecular weight is 1350 g/mol. The van der Waals surface area contributed by atoms with Gasteiger partial charge in [-0.1, -0.05) is 32.9 Å². The Hall–Kier alpha value is -9.59. The van der Waals surface area contributed by atoms with E-state index in [-0.39, 0.29) is 36.7 Å². The van der Waals surface area contributed by atoms with Crippen LogP contribution in [0.25, 0.3) is 67.7 Å². The molecule has 3 saturated heterocycles. The highest BCUT2D eigenvalue weighted by atomic mass is 19.1. The second-order valence-corrected chi connectivity index (χ2v) is 26.4. The van der Waals surface area contributed by atoms with Crippen LogP contribution < -0.4 is 21.6 Å². The first-order chi connectivity index (χ1) is 48.1. The number of aryl methyl sites for hydroxylation is 6. The number of nitrogens with zero attached hydrogens (tertiary/aromatic N) is 19. The second-order valence-electron chi connectivity index (χ2n) is 26.4. The Kier molecular flexibility index (Phi) is 20.5. The first-order valence-corrected chi connectivity index (χ1v) is 34.9. The van der Waals surface area contributed by atoms with Gasteiger partial charge in [0.25, 0.3) is 16.7 Å². The Labute approximate surface area is 571 Å². The lowest BCUT2D eigenvalue weighted by molar-refractivity contribution is 0.182. The lowest BCUT2D eigenvalue weighted by Crippen LogP contribution is -2.52. The van der Waals surface area contributed by atoms with Gasteiger partial charge >= 0.3 is 0 Å². The predicted octanol–water partition coefficient (Wildman–Crippen LogP) is 10.4. The fourth-order valence-corrected chi connectivity index (χ4v) is 14.3. The molecule has 1 atom stereocenters. The summed E-state index contributed by atoms with van der Waals surface area (Å²) in [6.07, 6.45) is 19.0. The second kappa shape index (κ2) is 29.9. The maximum Gasteiger partial charge on any atom is 0.258 e. The van der Waals surface area contributed by atoms with Gasteiger partial charge in [0.2, 0.25) is 0 Å². The molecular weight excluding hydrogens is 1260 g/mol. The molecule has 0 amide bonds. The fraction of sp³-hybridized carbons (Fsp3) is 0.432. The third-order valence-electron chi connectivity index (χ3n) is 19.6. The molecule has 25 heteroatoms. The summed E-state index contributed by atoms with van der Waals surface area (Å²) in [5.41, 5.74) is 16.8. The summed E-state index contributed by atoms with van der Waals surface area (Å²) in [5, 5.41) is 14.0. The van der Waals surface area contributed by atoms with Gasteiger partial charge in [-0.25, -0.2) is 32.9 Å². The number of hydrogen-bond acceptors (Lipinski definition) is 16. The summed E-state index contributed by atoms with van der Waals surface area (Å²) < 4.78 is 47.9. The first-order valence-electron chi connectivity index (χ1n) is 34.9. The number of alkyl halides is 3. The van der Waals surface area contributed by atoms with Gasteiger partial charge < -0.3 is 14.7 Å². The molecule has 12 aromatic rings. The van der Waals surface area contributed by atoms with Crippen LogP contribution in [0.1, 0.15) is 123 Å². The van der Waals surface area contributed by atoms with Crippen molar-refractivity contribution in [3.05, 3.63) is 186 Å². The van der Waals surface area contributed by atoms with Gasteiger partial charge in [0.1, 0.15) is 40.7 Å². The van der Waals surface area contributed by atoms with Gasteiger partial charge in [0.15, 0.2) is 0 Å². The van der Waals surface area contributed by atoms with Gasteiger partial charge in [-0.2, -0.15) is 15.3 Å². The zero-order chi connectivity index (χ0) is 69.0. The minimum Gasteiger partial charge on any atom is -0.367 e. The number of rotatable bonds is 17. The lowest BCUT2D eigenvalue weighted by Gasteiger charge is -2.41. The highest BCUT2D eigenvalue weighted by molar-refractivity contribution is 5.69. The normalized spacial score (nSPS) is 16.2. The Bertz CT molecular complexity index is 5080. The zero-order valence-electron chi connectivity index (χ0n) is 57.5. The molecule has 15 heterocycles. The maximum absolute atomic E-state index is 13.0. The van der Waals surface area contributed by atoms with Crippen LogP contribution in [-0.2, 0) is 19.3 Å². The number of piperazine rings is 1. The van der Waals surface area contributed by atoms with E-state index < -0.39 is 0 Å². The van der Waals surface area contributed by atoms with Gasteiger partial charge in [-0.3, -0.25) is 56.2 Å². The van der Waals surface area contributed by atoms with Crippen LogP contribution in [0.15, 0.2) is 124 Å². The molecule has 0 saturated carbocycles. The van der Waals surface area contributed by atoms with Crippen molar-refractivity contribution in [3.8, 4) is 34.2 Å². The van der Waals surface area contributed by atoms with E-state index in [1.54, 1.807) is 31.4 Å². The Morgan fingerprint density at radius 1 is 0.424 bits per heavy atom. The van der Waals surface area contributed by atoms with Crippen molar-refractivity contribution in [2.45, 2.75) is 124 Å². The van der Waals surface area contributed by atoms with Crippen LogP contribution in [0.4, 0.5) is 18.9 Å². The first kappa shape index (κ1) is 68.0. The van der Waals surface area contributed by atoms with Crippen molar-refractivity contribution >= 4 is 39.2 Å². The van der Waals surface area contributed by atoms with Crippen LogP contribution in [0.3, 0.4) is 0 Å². The summed E-state index contributed by atoms with van der Waals surface area (Å²) in [5.74, 6) is 0.785. The van der Waals surface area contributed by atoms with Gasteiger partial charge in [0, 0.05) is 82.1 Å². The summed E-state index contributed by atoms with van der Waals surface area (Å²) in [7, 11) is 0. The molecule has 0 aliphatic carbocycles. The zero-order valence-corrected chi connectivity index (χ0v) is 57.5. The van der Waals surface area contributed by atoms with Gasteiger partial charge in [0.05, 0.1) is 105 Å². The molecule has 0 bridgehead atoms. The van der Waals surface area contributed by atoms with Crippen molar-refractivity contribution in [2.75, 3.05) is 90.4 Å². The predicted molar refractivity (Wildman–Crippen MR) is 380 cm³/mol. The Morgan fingerprint density at radius 3 is 1.21 bits per heavy atom. The SMILES string of the molecule is CCc1nc(C)cn2nc(-c3cc(=O)n4cc(C5CCN(CCCF)CC5)ccc4n3)cc12.CCc1nc(C)cn2nc(-c3cc(=O)n4cc(C5CCN(CCF)CC5)ccc4n3)cc12.CCc1nc(C)cn2nc(-c3cc(=O)n4cc(N5CCN(CCCF)[C@H](C)C5)ccc4n3)cc12. The molecule has 516 valence electrons. The molecule has 3 fully saturated rings. The summed E-state index contributed by atoms with van der Waals surface area (Å²) in [4.78, 5) is 76.1. The van der Waals surface area contributed by atoms with E-state index in [2.05, 4.69) is 89.7 Å². The largest absolute Gasteiger partial charge is 0.367 e. The van der Waals surface area contributed by atoms with E-state index in [1.165, 1.54) is 0 Å². The van der Waals surface area contributed by atoms with E-state index in [9.17, 15) is 27.6 Å². The molecule has 3 aliphatic heterocycles. The van der Waals surface area contributed by atoms with E-state index in [0.29, 0.717) is 88.4 Å². The van der Waals surface area contributed by atoms with Crippen molar-refractivity contribution in [2.24, 2.45) is 0 Å². The van der Waals surface area contributed by atoms with Crippen LogP contribution in [0.2, 0.25) is 0 Å². The third kappa shape index (κ3) is 14.8. The number of aromatic nitrogens is 15. The number of likely N-dealkylation sites (tertiary alicyclic amines) is 2. The number of halogens is 3. The number of hydrogen-bond donors (Lipinski definition) is 0. The van der Waals surface area contributed by atoms with E-state index >= 15 is 0 Å². The van der Waals surface area contributed by atoms with Crippen molar-refractivity contribution in [1.82, 2.24) is 86.6 Å². The standard InChI is InChI=1S/C25H30FN7O.C25H29FN6O.C24H27FN6O/c1-4-20-23-12-22(29-33(23)14-17(2)27-20)21-13-25(34)32-16-19(6-7-24(32)28-21)31-11-10-30(9-5-8-26)18(3)15-31;1-3-20-23-13-22(29-32(23)15-17(2)27-20)21-14-25(33)31-16-19(5-6-24(31)28-21)18-7-11-30(12-8-18)10-4-9-26;1-3-19-22-12-21(28-31(22)14-16(2)26-19)20-13-24(32)30-15-18(4-5-23(30)27-20)17-6-9-29(10-7-17)11-8-25/h6-7,12-14,16,18H,4-5,8-11,15H2,1-3H3;5-6,13-16,18H,3-4,7-12H2,1-2H3;4-5,12-15,17H,3,6-11H2,1-2H3/t18-;;/m1../s1. The van der Waals surface area contributed by atoms with E-state index in [1.807, 2.05) is 114 Å². The minimum atomic E-state index is -0.299. The molecule has 0 unspecified atom stereocenters. The molecule has 3 aliphatic rings. The Morgan fingerprint density at radius 2 is 0.818 bits per heavy atom. The monoisotopic (exact) mass is 1350 g/mol.